The van der Waals surface area contributed by atoms with Gasteiger partial charge in [-0.25, -0.2) is 0 Å². The zero-order valence-electron chi connectivity index (χ0n) is 20.3. The maximum absolute atomic E-state index is 6.54. The summed E-state index contributed by atoms with van der Waals surface area (Å²) in [6.45, 7) is 4.30. The lowest BCUT2D eigenvalue weighted by molar-refractivity contribution is -0.744. The Bertz CT molecular complexity index is 1730. The maximum atomic E-state index is 6.54. The van der Waals surface area contributed by atoms with E-state index in [4.69, 9.17) is 4.74 Å². The molecule has 6 rings (SSSR count). The van der Waals surface area contributed by atoms with Crippen LogP contribution >= 0.6 is 11.3 Å². The highest BCUT2D eigenvalue weighted by Gasteiger charge is 2.23. The SMILES string of the molecule is Cc1ccc2c(sc3ccccc32)c1-c1cccc(Oc2cccc(-n3ccc[n+]3C)c2C)[n+]1C. The first-order chi connectivity index (χ1) is 17.0. The maximum Gasteiger partial charge on any atom is 0.373 e. The van der Waals surface area contributed by atoms with Crippen LogP contribution < -0.4 is 14.0 Å². The monoisotopic (exact) mass is 477 g/mol. The molecule has 3 aromatic heterocycles. The van der Waals surface area contributed by atoms with Crippen molar-refractivity contribution in [3.63, 3.8) is 0 Å². The first-order valence-electron chi connectivity index (χ1n) is 11.7. The molecular formula is C30H27N3OS+2. The minimum absolute atomic E-state index is 0.803. The molecule has 5 heteroatoms. The van der Waals surface area contributed by atoms with Gasteiger partial charge in [0, 0.05) is 37.9 Å². The highest BCUT2D eigenvalue weighted by molar-refractivity contribution is 7.26. The molecule has 35 heavy (non-hydrogen) atoms. The van der Waals surface area contributed by atoms with Crippen molar-refractivity contribution in [3.8, 4) is 28.6 Å². The Morgan fingerprint density at radius 3 is 2.46 bits per heavy atom. The van der Waals surface area contributed by atoms with Crippen molar-refractivity contribution in [2.45, 2.75) is 13.8 Å². The molecule has 0 N–H and O–H groups in total. The third kappa shape index (κ3) is 3.51. The van der Waals surface area contributed by atoms with E-state index in [1.807, 2.05) is 48.8 Å². The second kappa shape index (κ2) is 8.36. The van der Waals surface area contributed by atoms with E-state index in [2.05, 4.69) is 95.6 Å². The van der Waals surface area contributed by atoms with E-state index < -0.39 is 0 Å². The average molecular weight is 478 g/mol. The third-order valence-corrected chi connectivity index (χ3v) is 7.99. The Hall–Kier alpha value is -3.96. The van der Waals surface area contributed by atoms with Crippen LogP contribution in [0.1, 0.15) is 11.1 Å². The average Bonchev–Trinajstić information content (AvgIpc) is 3.45. The molecule has 6 aromatic rings. The number of pyridine rings is 1. The van der Waals surface area contributed by atoms with E-state index in [0.29, 0.717) is 0 Å². The molecule has 3 aromatic carbocycles. The third-order valence-electron chi connectivity index (χ3n) is 6.78. The molecule has 0 aliphatic carbocycles. The predicted molar refractivity (Wildman–Crippen MR) is 142 cm³/mol. The van der Waals surface area contributed by atoms with Crippen LogP contribution in [0.5, 0.6) is 11.6 Å². The zero-order valence-corrected chi connectivity index (χ0v) is 21.1. The van der Waals surface area contributed by atoms with E-state index in [1.165, 1.54) is 31.3 Å². The van der Waals surface area contributed by atoms with Crippen LogP contribution in [0.3, 0.4) is 0 Å². The van der Waals surface area contributed by atoms with E-state index in [9.17, 15) is 0 Å². The van der Waals surface area contributed by atoms with E-state index in [1.54, 1.807) is 0 Å². The highest BCUT2D eigenvalue weighted by atomic mass is 32.1. The van der Waals surface area contributed by atoms with Crippen LogP contribution in [-0.2, 0) is 14.1 Å². The second-order valence-electron chi connectivity index (χ2n) is 8.95. The number of hydrogen-bond acceptors (Lipinski definition) is 2. The number of fused-ring (bicyclic) bond motifs is 3. The van der Waals surface area contributed by atoms with Gasteiger partial charge in [-0.1, -0.05) is 36.4 Å². The summed E-state index contributed by atoms with van der Waals surface area (Å²) in [5, 5.41) is 2.62. The molecule has 0 radical (unpaired) electrons. The number of nitrogens with zero attached hydrogens (tertiary/aromatic N) is 3. The summed E-state index contributed by atoms with van der Waals surface area (Å²) in [6.07, 6.45) is 4.09. The summed E-state index contributed by atoms with van der Waals surface area (Å²) in [5.41, 5.74) is 5.85. The van der Waals surface area contributed by atoms with Gasteiger partial charge in [-0.05, 0) is 43.7 Å². The van der Waals surface area contributed by atoms with Crippen LogP contribution in [0.15, 0.2) is 91.3 Å². The Labute approximate surface area is 208 Å². The Balaban J connectivity index is 1.47. The predicted octanol–water partition coefficient (Wildman–Crippen LogP) is 6.57. The molecule has 0 amide bonds. The molecule has 172 valence electrons. The van der Waals surface area contributed by atoms with Gasteiger partial charge < -0.3 is 4.74 Å². The summed E-state index contributed by atoms with van der Waals surface area (Å²) in [4.78, 5) is 0. The lowest BCUT2D eigenvalue weighted by Gasteiger charge is -2.12. The van der Waals surface area contributed by atoms with Gasteiger partial charge in [-0.2, -0.15) is 4.57 Å². The summed E-state index contributed by atoms with van der Waals surface area (Å²) < 4.78 is 15.5. The van der Waals surface area contributed by atoms with Crippen molar-refractivity contribution < 1.29 is 14.0 Å². The molecule has 4 nitrogen and oxygen atoms in total. The molecule has 0 spiro atoms. The summed E-state index contributed by atoms with van der Waals surface area (Å²) >= 11 is 1.86. The fourth-order valence-corrected chi connectivity index (χ4v) is 6.18. The molecule has 0 saturated carbocycles. The van der Waals surface area contributed by atoms with Gasteiger partial charge in [0.2, 0.25) is 5.69 Å². The van der Waals surface area contributed by atoms with Gasteiger partial charge in [-0.15, -0.1) is 20.7 Å². The Morgan fingerprint density at radius 2 is 1.63 bits per heavy atom. The molecule has 0 aliphatic heterocycles. The van der Waals surface area contributed by atoms with E-state index in [-0.39, 0.29) is 0 Å². The lowest BCUT2D eigenvalue weighted by atomic mass is 10.0. The molecule has 0 atom stereocenters. The first-order valence-corrected chi connectivity index (χ1v) is 12.6. The number of aromatic nitrogens is 3. The van der Waals surface area contributed by atoms with Crippen molar-refractivity contribution in [2.24, 2.45) is 14.1 Å². The highest BCUT2D eigenvalue weighted by Crippen LogP contribution is 2.41. The van der Waals surface area contributed by atoms with Gasteiger partial charge in [-0.3, -0.25) is 0 Å². The van der Waals surface area contributed by atoms with Gasteiger partial charge in [0.1, 0.15) is 18.5 Å². The van der Waals surface area contributed by atoms with Gasteiger partial charge in [0.25, 0.3) is 0 Å². The van der Waals surface area contributed by atoms with Crippen LogP contribution in [0.25, 0.3) is 37.1 Å². The zero-order chi connectivity index (χ0) is 24.1. The molecular weight excluding hydrogens is 450 g/mol. The molecule has 0 unspecified atom stereocenters. The van der Waals surface area contributed by atoms with Gasteiger partial charge in [0.15, 0.2) is 13.2 Å². The molecule has 0 fully saturated rings. The molecule has 3 heterocycles. The topological polar surface area (TPSA) is 21.9 Å². The largest absolute Gasteiger partial charge is 0.405 e. The van der Waals surface area contributed by atoms with Crippen molar-refractivity contribution in [3.05, 3.63) is 102 Å². The fourth-order valence-electron chi connectivity index (χ4n) is 4.87. The van der Waals surface area contributed by atoms with Gasteiger partial charge >= 0.3 is 5.88 Å². The van der Waals surface area contributed by atoms with Gasteiger partial charge in [0.05, 0.1) is 17.8 Å². The summed E-state index contributed by atoms with van der Waals surface area (Å²) in [5.74, 6) is 1.65. The first kappa shape index (κ1) is 21.6. The van der Waals surface area contributed by atoms with Crippen molar-refractivity contribution in [1.29, 1.82) is 0 Å². The summed E-state index contributed by atoms with van der Waals surface area (Å²) in [6, 6.07) is 27.7. The number of rotatable bonds is 4. The standard InChI is InChI=1S/C30H27N3OS/c1-20-16-17-23-22-10-5-6-14-27(22)35-30(23)29(20)25-12-8-15-28(32(25)4)34-26-13-7-11-24(21(26)2)33-19-9-18-31(33)3/h5-19H,1-4H3/q+2. The molecule has 0 aliphatic rings. The number of hydrogen-bond donors (Lipinski definition) is 0. The second-order valence-corrected chi connectivity index (χ2v) is 10.0. The minimum Gasteiger partial charge on any atom is -0.405 e. The Morgan fingerprint density at radius 1 is 0.800 bits per heavy atom. The number of aryl methyl sites for hydroxylation is 2. The van der Waals surface area contributed by atoms with Crippen LogP contribution in [0.2, 0.25) is 0 Å². The fraction of sp³-hybridized carbons (Fsp3) is 0.133. The lowest BCUT2D eigenvalue weighted by Crippen LogP contribution is -2.37. The van der Waals surface area contributed by atoms with E-state index >= 15 is 0 Å². The normalized spacial score (nSPS) is 11.4. The quantitative estimate of drug-likeness (QED) is 0.263. The number of ether oxygens (including phenoxy) is 1. The molecule has 0 saturated heterocycles. The van der Waals surface area contributed by atoms with Crippen molar-refractivity contribution in [1.82, 2.24) is 4.68 Å². The smallest absolute Gasteiger partial charge is 0.373 e. The number of benzene rings is 3. The summed E-state index contributed by atoms with van der Waals surface area (Å²) in [7, 11) is 4.12. The Kier molecular flexibility index (Phi) is 5.15. The van der Waals surface area contributed by atoms with Crippen molar-refractivity contribution >= 4 is 31.5 Å². The van der Waals surface area contributed by atoms with Crippen LogP contribution in [-0.4, -0.2) is 4.68 Å². The van der Waals surface area contributed by atoms with Crippen molar-refractivity contribution in [2.75, 3.05) is 0 Å². The minimum atomic E-state index is 0.803. The van der Waals surface area contributed by atoms with E-state index in [0.717, 1.165) is 28.6 Å². The molecule has 0 bridgehead atoms. The van der Waals surface area contributed by atoms with Crippen LogP contribution in [0, 0.1) is 13.8 Å². The number of thiophene rings is 1. The van der Waals surface area contributed by atoms with Crippen LogP contribution in [0.4, 0.5) is 0 Å².